The van der Waals surface area contributed by atoms with Crippen molar-refractivity contribution in [1.82, 2.24) is 19.3 Å². The molecule has 1 aliphatic heterocycles. The highest BCUT2D eigenvalue weighted by Crippen LogP contribution is 2.25. The van der Waals surface area contributed by atoms with Gasteiger partial charge in [0, 0.05) is 24.3 Å². The summed E-state index contributed by atoms with van der Waals surface area (Å²) in [6.45, 7) is 3.65. The van der Waals surface area contributed by atoms with Crippen molar-refractivity contribution in [2.45, 2.75) is 18.4 Å². The summed E-state index contributed by atoms with van der Waals surface area (Å²) in [6, 6.07) is 19.9. The van der Waals surface area contributed by atoms with Crippen LogP contribution in [-0.4, -0.2) is 59.9 Å². The molecule has 1 aliphatic rings. The van der Waals surface area contributed by atoms with Crippen LogP contribution in [0.3, 0.4) is 0 Å². The van der Waals surface area contributed by atoms with Crippen molar-refractivity contribution in [1.29, 1.82) is 0 Å². The number of morpholine rings is 1. The molecule has 4 aromatic rings. The number of aromatic nitrogens is 3. The molecule has 1 amide bonds. The number of aryl methyl sites for hydroxylation is 1. The molecule has 1 N–H and O–H groups in total. The Morgan fingerprint density at radius 3 is 2.54 bits per heavy atom. The number of rotatable bonds is 6. The summed E-state index contributed by atoms with van der Waals surface area (Å²) in [6.07, 6.45) is 0. The van der Waals surface area contributed by atoms with E-state index in [0.717, 1.165) is 16.6 Å². The van der Waals surface area contributed by atoms with Gasteiger partial charge in [-0.2, -0.15) is 4.31 Å². The number of fused-ring (bicyclic) bond motifs is 1. The van der Waals surface area contributed by atoms with E-state index >= 15 is 0 Å². The maximum atomic E-state index is 13.1. The minimum atomic E-state index is -3.67. The van der Waals surface area contributed by atoms with Crippen LogP contribution in [-0.2, 0) is 21.3 Å². The van der Waals surface area contributed by atoms with Crippen LogP contribution >= 0.6 is 0 Å². The molecule has 0 spiro atoms. The highest BCUT2D eigenvalue weighted by atomic mass is 32.2. The van der Waals surface area contributed by atoms with Crippen molar-refractivity contribution >= 4 is 32.7 Å². The molecule has 0 unspecified atom stereocenters. The Labute approximate surface area is 203 Å². The number of hydrogen-bond acceptors (Lipinski definition) is 6. The zero-order valence-electron chi connectivity index (χ0n) is 19.2. The number of carbonyl (C=O) groups is 1. The largest absolute Gasteiger partial charge is 0.379 e. The molecular weight excluding hydrogens is 466 g/mol. The number of hydrogen-bond donors (Lipinski definition) is 1. The average molecular weight is 492 g/mol. The monoisotopic (exact) mass is 491 g/mol. The molecule has 5 rings (SSSR count). The lowest BCUT2D eigenvalue weighted by Gasteiger charge is -2.26. The van der Waals surface area contributed by atoms with Crippen LogP contribution in [0.4, 0.5) is 5.69 Å². The number of amides is 1. The van der Waals surface area contributed by atoms with Crippen LogP contribution in [0.15, 0.2) is 71.6 Å². The number of nitrogens with one attached hydrogen (secondary N) is 1. The minimum Gasteiger partial charge on any atom is -0.379 e. The van der Waals surface area contributed by atoms with E-state index in [9.17, 15) is 13.2 Å². The van der Waals surface area contributed by atoms with Gasteiger partial charge in [-0.1, -0.05) is 35.5 Å². The lowest BCUT2D eigenvalue weighted by atomic mass is 10.1. The van der Waals surface area contributed by atoms with E-state index in [1.807, 2.05) is 41.1 Å². The van der Waals surface area contributed by atoms with Crippen molar-refractivity contribution in [3.05, 3.63) is 83.4 Å². The quantitative estimate of drug-likeness (QED) is 0.444. The summed E-state index contributed by atoms with van der Waals surface area (Å²) >= 11 is 0. The SMILES string of the molecule is Cc1ccc(NC(=O)c2ccc(Cn3nnc4ccccc43)cc2)cc1S(=O)(=O)N1CCOCC1. The van der Waals surface area contributed by atoms with Crippen molar-refractivity contribution in [2.24, 2.45) is 0 Å². The van der Waals surface area contributed by atoms with E-state index in [0.29, 0.717) is 49.7 Å². The zero-order valence-corrected chi connectivity index (χ0v) is 20.0. The molecule has 10 heteroatoms. The topological polar surface area (TPSA) is 106 Å². The molecule has 180 valence electrons. The third-order valence-electron chi connectivity index (χ3n) is 6.00. The van der Waals surface area contributed by atoms with Crippen LogP contribution < -0.4 is 5.32 Å². The number of ether oxygens (including phenoxy) is 1. The average Bonchev–Trinajstić information content (AvgIpc) is 3.29. The van der Waals surface area contributed by atoms with E-state index in [2.05, 4.69) is 15.6 Å². The molecule has 0 radical (unpaired) electrons. The predicted octanol–water partition coefficient (Wildman–Crippen LogP) is 3.06. The fourth-order valence-corrected chi connectivity index (χ4v) is 5.71. The van der Waals surface area contributed by atoms with E-state index in [4.69, 9.17) is 4.74 Å². The second kappa shape index (κ2) is 9.57. The molecule has 1 aromatic heterocycles. The summed E-state index contributed by atoms with van der Waals surface area (Å²) in [5, 5.41) is 11.2. The van der Waals surface area contributed by atoms with Crippen molar-refractivity contribution in [3.8, 4) is 0 Å². The molecule has 0 bridgehead atoms. The van der Waals surface area contributed by atoms with Gasteiger partial charge in [0.15, 0.2) is 0 Å². The van der Waals surface area contributed by atoms with E-state index in [1.54, 1.807) is 31.2 Å². The van der Waals surface area contributed by atoms with Gasteiger partial charge in [0.25, 0.3) is 5.91 Å². The number of nitrogens with zero attached hydrogens (tertiary/aromatic N) is 4. The second-order valence-electron chi connectivity index (χ2n) is 8.38. The Balaban J connectivity index is 1.30. The fourth-order valence-electron chi connectivity index (χ4n) is 4.05. The molecular formula is C25H25N5O4S. The van der Waals surface area contributed by atoms with E-state index in [-0.39, 0.29) is 10.8 Å². The second-order valence-corrected chi connectivity index (χ2v) is 10.3. The standard InChI is InChI=1S/C25H25N5O4S/c1-18-6-11-21(16-24(18)35(32,33)29-12-14-34-15-13-29)26-25(31)20-9-7-19(8-10-20)17-30-23-5-3-2-4-22(23)27-28-30/h2-11,16H,12-15,17H2,1H3,(H,26,31). The lowest BCUT2D eigenvalue weighted by molar-refractivity contribution is 0.0730. The summed E-state index contributed by atoms with van der Waals surface area (Å²) in [5.41, 5.74) is 4.26. The number of benzene rings is 3. The van der Waals surface area contributed by atoms with E-state index in [1.165, 1.54) is 10.4 Å². The normalized spacial score (nSPS) is 14.8. The Hall–Kier alpha value is -3.60. The first-order valence-corrected chi connectivity index (χ1v) is 12.7. The smallest absolute Gasteiger partial charge is 0.255 e. The first-order valence-electron chi connectivity index (χ1n) is 11.3. The van der Waals surface area contributed by atoms with Crippen LogP contribution in [0.25, 0.3) is 11.0 Å². The van der Waals surface area contributed by atoms with Gasteiger partial charge in [-0.05, 0) is 54.4 Å². The van der Waals surface area contributed by atoms with Gasteiger partial charge in [0.1, 0.15) is 5.52 Å². The molecule has 0 aliphatic carbocycles. The van der Waals surface area contributed by atoms with Gasteiger partial charge in [-0.3, -0.25) is 4.79 Å². The Morgan fingerprint density at radius 2 is 1.77 bits per heavy atom. The molecule has 0 atom stereocenters. The van der Waals surface area contributed by atoms with Gasteiger partial charge in [-0.25, -0.2) is 13.1 Å². The summed E-state index contributed by atoms with van der Waals surface area (Å²) in [5.74, 6) is -0.318. The predicted molar refractivity (Wildman–Crippen MR) is 132 cm³/mol. The maximum Gasteiger partial charge on any atom is 0.255 e. The number of anilines is 1. The van der Waals surface area contributed by atoms with Gasteiger partial charge in [-0.15, -0.1) is 5.10 Å². The van der Waals surface area contributed by atoms with Gasteiger partial charge in [0.05, 0.1) is 30.2 Å². The summed E-state index contributed by atoms with van der Waals surface area (Å²) < 4.78 is 34.7. The molecule has 1 fully saturated rings. The summed E-state index contributed by atoms with van der Waals surface area (Å²) in [4.78, 5) is 13.0. The summed E-state index contributed by atoms with van der Waals surface area (Å²) in [7, 11) is -3.67. The third-order valence-corrected chi connectivity index (χ3v) is 8.04. The van der Waals surface area contributed by atoms with Crippen LogP contribution in [0, 0.1) is 6.92 Å². The van der Waals surface area contributed by atoms with Crippen LogP contribution in [0.1, 0.15) is 21.5 Å². The van der Waals surface area contributed by atoms with Crippen molar-refractivity contribution in [2.75, 3.05) is 31.6 Å². The lowest BCUT2D eigenvalue weighted by Crippen LogP contribution is -2.40. The highest BCUT2D eigenvalue weighted by molar-refractivity contribution is 7.89. The third kappa shape index (κ3) is 4.81. The molecule has 1 saturated heterocycles. The first-order chi connectivity index (χ1) is 16.9. The maximum absolute atomic E-state index is 13.1. The van der Waals surface area contributed by atoms with Gasteiger partial charge in [0.2, 0.25) is 10.0 Å². The Morgan fingerprint density at radius 1 is 1.03 bits per heavy atom. The van der Waals surface area contributed by atoms with Gasteiger partial charge < -0.3 is 10.1 Å². The number of sulfonamides is 1. The fraction of sp³-hybridized carbons (Fsp3) is 0.240. The Kier molecular flexibility index (Phi) is 6.33. The molecule has 9 nitrogen and oxygen atoms in total. The first kappa shape index (κ1) is 23.2. The number of carbonyl (C=O) groups excluding carboxylic acids is 1. The van der Waals surface area contributed by atoms with Crippen molar-refractivity contribution < 1.29 is 17.9 Å². The highest BCUT2D eigenvalue weighted by Gasteiger charge is 2.28. The molecule has 3 aromatic carbocycles. The zero-order chi connectivity index (χ0) is 24.4. The van der Waals surface area contributed by atoms with Gasteiger partial charge >= 0.3 is 0 Å². The minimum absolute atomic E-state index is 0.188. The molecule has 35 heavy (non-hydrogen) atoms. The van der Waals surface area contributed by atoms with Crippen LogP contribution in [0.5, 0.6) is 0 Å². The Bertz CT molecular complexity index is 1480. The van der Waals surface area contributed by atoms with Crippen molar-refractivity contribution in [3.63, 3.8) is 0 Å². The van der Waals surface area contributed by atoms with Crippen LogP contribution in [0.2, 0.25) is 0 Å². The molecule has 2 heterocycles. The molecule has 0 saturated carbocycles. The number of para-hydroxylation sites is 1. The van der Waals surface area contributed by atoms with E-state index < -0.39 is 10.0 Å².